The number of ether oxygens (including phenoxy) is 3. The molecule has 2 heterocycles. The van der Waals surface area contributed by atoms with E-state index in [1.54, 1.807) is 20.8 Å². The van der Waals surface area contributed by atoms with E-state index in [9.17, 15) is 22.8 Å². The zero-order chi connectivity index (χ0) is 23.5. The lowest BCUT2D eigenvalue weighted by Gasteiger charge is -2.25. The van der Waals surface area contributed by atoms with Gasteiger partial charge in [0.2, 0.25) is 0 Å². The summed E-state index contributed by atoms with van der Waals surface area (Å²) in [6.45, 7) is 5.44. The Morgan fingerprint density at radius 2 is 1.81 bits per heavy atom. The van der Waals surface area contributed by atoms with Crippen molar-refractivity contribution in [1.29, 1.82) is 0 Å². The van der Waals surface area contributed by atoms with Crippen LogP contribution in [0.3, 0.4) is 0 Å². The van der Waals surface area contributed by atoms with Crippen LogP contribution in [0.15, 0.2) is 36.7 Å². The number of rotatable bonds is 5. The molecule has 1 aromatic carbocycles. The van der Waals surface area contributed by atoms with Crippen LogP contribution >= 0.6 is 0 Å². The van der Waals surface area contributed by atoms with Gasteiger partial charge in [-0.1, -0.05) is 0 Å². The first-order valence-electron chi connectivity index (χ1n) is 10.2. The van der Waals surface area contributed by atoms with Gasteiger partial charge in [-0.25, -0.2) is 4.79 Å². The van der Waals surface area contributed by atoms with Crippen molar-refractivity contribution in [2.75, 3.05) is 6.61 Å². The summed E-state index contributed by atoms with van der Waals surface area (Å²) in [5.41, 5.74) is -2.03. The van der Waals surface area contributed by atoms with Gasteiger partial charge in [0.05, 0.1) is 23.3 Å². The molecule has 1 aromatic heterocycles. The SMILES string of the molecule is CC(C)(C)OC(=O)c1cnccc1C(=O)c1ccc(C(F)(F)F)cc1OC1CCCCO1. The Kier molecular flexibility index (Phi) is 6.88. The summed E-state index contributed by atoms with van der Waals surface area (Å²) in [7, 11) is 0. The Balaban J connectivity index is 2.01. The zero-order valence-corrected chi connectivity index (χ0v) is 18.0. The molecule has 1 fully saturated rings. The highest BCUT2D eigenvalue weighted by molar-refractivity contribution is 6.15. The monoisotopic (exact) mass is 451 g/mol. The van der Waals surface area contributed by atoms with Gasteiger partial charge in [-0.15, -0.1) is 0 Å². The molecule has 0 bridgehead atoms. The number of ketones is 1. The molecule has 32 heavy (non-hydrogen) atoms. The van der Waals surface area contributed by atoms with E-state index in [2.05, 4.69) is 4.98 Å². The van der Waals surface area contributed by atoms with E-state index in [1.165, 1.54) is 18.5 Å². The molecule has 6 nitrogen and oxygen atoms in total. The fourth-order valence-electron chi connectivity index (χ4n) is 3.16. The van der Waals surface area contributed by atoms with Crippen LogP contribution in [0.25, 0.3) is 0 Å². The van der Waals surface area contributed by atoms with Crippen LogP contribution in [0.5, 0.6) is 5.75 Å². The predicted molar refractivity (Wildman–Crippen MR) is 109 cm³/mol. The maximum Gasteiger partial charge on any atom is 0.416 e. The van der Waals surface area contributed by atoms with Gasteiger partial charge in [0, 0.05) is 24.4 Å². The van der Waals surface area contributed by atoms with Gasteiger partial charge in [0.15, 0.2) is 12.1 Å². The van der Waals surface area contributed by atoms with Crippen LogP contribution in [0.4, 0.5) is 13.2 Å². The van der Waals surface area contributed by atoms with Gasteiger partial charge >= 0.3 is 12.1 Å². The van der Waals surface area contributed by atoms with Gasteiger partial charge in [-0.2, -0.15) is 13.2 Å². The van der Waals surface area contributed by atoms with Gasteiger partial charge < -0.3 is 14.2 Å². The summed E-state index contributed by atoms with van der Waals surface area (Å²) >= 11 is 0. The maximum atomic E-state index is 13.3. The van der Waals surface area contributed by atoms with Gasteiger partial charge in [0.25, 0.3) is 0 Å². The lowest BCUT2D eigenvalue weighted by Crippen LogP contribution is -2.27. The highest BCUT2D eigenvalue weighted by Gasteiger charge is 2.33. The summed E-state index contributed by atoms with van der Waals surface area (Å²) < 4.78 is 56.3. The number of alkyl halides is 3. The van der Waals surface area contributed by atoms with Crippen molar-refractivity contribution in [3.63, 3.8) is 0 Å². The summed E-state index contributed by atoms with van der Waals surface area (Å²) in [5, 5.41) is 0. The third-order valence-electron chi connectivity index (χ3n) is 4.63. The molecule has 0 amide bonds. The lowest BCUT2D eigenvalue weighted by atomic mass is 9.98. The molecule has 2 aromatic rings. The standard InChI is InChI=1S/C23H24F3NO5/c1-22(2,3)32-21(29)17-13-27-10-9-15(17)20(28)16-8-7-14(23(24,25)26)12-18(16)31-19-6-4-5-11-30-19/h7-10,12-13,19H,4-6,11H2,1-3H3. The lowest BCUT2D eigenvalue weighted by molar-refractivity contribution is -0.138. The second-order valence-electron chi connectivity index (χ2n) is 8.37. The van der Waals surface area contributed by atoms with E-state index in [-0.39, 0.29) is 22.4 Å². The predicted octanol–water partition coefficient (Wildman–Crippen LogP) is 5.19. The number of aromatic nitrogens is 1. The Morgan fingerprint density at radius 1 is 1.06 bits per heavy atom. The molecule has 1 aliphatic rings. The number of carbonyl (C=O) groups excluding carboxylic acids is 2. The number of benzene rings is 1. The van der Waals surface area contributed by atoms with E-state index in [0.717, 1.165) is 31.0 Å². The topological polar surface area (TPSA) is 74.7 Å². The molecule has 0 N–H and O–H groups in total. The fourth-order valence-corrected chi connectivity index (χ4v) is 3.16. The van der Waals surface area contributed by atoms with E-state index < -0.39 is 35.4 Å². The number of hydrogen-bond donors (Lipinski definition) is 0. The summed E-state index contributed by atoms with van der Waals surface area (Å²) in [4.78, 5) is 29.8. The van der Waals surface area contributed by atoms with Crippen LogP contribution in [0, 0.1) is 0 Å². The molecular formula is C23H24F3NO5. The third-order valence-corrected chi connectivity index (χ3v) is 4.63. The Bertz CT molecular complexity index is 992. The van der Waals surface area contributed by atoms with E-state index in [4.69, 9.17) is 14.2 Å². The number of carbonyl (C=O) groups is 2. The van der Waals surface area contributed by atoms with Crippen LogP contribution in [-0.4, -0.2) is 35.2 Å². The average Bonchev–Trinajstić information content (AvgIpc) is 2.72. The number of esters is 1. The second-order valence-corrected chi connectivity index (χ2v) is 8.37. The largest absolute Gasteiger partial charge is 0.464 e. The highest BCUT2D eigenvalue weighted by Crippen LogP contribution is 2.35. The number of halogens is 3. The molecule has 1 atom stereocenters. The summed E-state index contributed by atoms with van der Waals surface area (Å²) in [6.07, 6.45) is -0.772. The van der Waals surface area contributed by atoms with E-state index in [1.807, 2.05) is 0 Å². The van der Waals surface area contributed by atoms with E-state index >= 15 is 0 Å². The van der Waals surface area contributed by atoms with Crippen molar-refractivity contribution in [2.24, 2.45) is 0 Å². The van der Waals surface area contributed by atoms with Crippen molar-refractivity contribution in [2.45, 2.75) is 58.1 Å². The Labute approximate surface area is 183 Å². The smallest absolute Gasteiger partial charge is 0.416 e. The summed E-state index contributed by atoms with van der Waals surface area (Å²) in [6, 6.07) is 3.94. The van der Waals surface area contributed by atoms with Crippen LogP contribution in [0.1, 0.15) is 71.9 Å². The minimum Gasteiger partial charge on any atom is -0.464 e. The molecule has 3 rings (SSSR count). The van der Waals surface area contributed by atoms with E-state index in [0.29, 0.717) is 13.0 Å². The van der Waals surface area contributed by atoms with Crippen LogP contribution in [-0.2, 0) is 15.7 Å². The number of nitrogens with zero attached hydrogens (tertiary/aromatic N) is 1. The summed E-state index contributed by atoms with van der Waals surface area (Å²) in [5.74, 6) is -1.71. The van der Waals surface area contributed by atoms with Crippen molar-refractivity contribution < 1.29 is 37.0 Å². The second kappa shape index (κ2) is 9.28. The zero-order valence-electron chi connectivity index (χ0n) is 18.0. The fraction of sp³-hybridized carbons (Fsp3) is 0.435. The molecule has 0 spiro atoms. The van der Waals surface area contributed by atoms with Crippen molar-refractivity contribution >= 4 is 11.8 Å². The highest BCUT2D eigenvalue weighted by atomic mass is 19.4. The maximum absolute atomic E-state index is 13.3. The first-order chi connectivity index (χ1) is 15.0. The average molecular weight is 451 g/mol. The van der Waals surface area contributed by atoms with Crippen LogP contribution in [0.2, 0.25) is 0 Å². The van der Waals surface area contributed by atoms with Gasteiger partial charge in [-0.05, 0) is 57.9 Å². The normalized spacial score (nSPS) is 17.0. The first-order valence-corrected chi connectivity index (χ1v) is 10.2. The first kappa shape index (κ1) is 23.7. The van der Waals surface area contributed by atoms with Crippen molar-refractivity contribution in [3.05, 3.63) is 58.9 Å². The molecule has 1 unspecified atom stereocenters. The van der Waals surface area contributed by atoms with Gasteiger partial charge in [0.1, 0.15) is 11.4 Å². The molecule has 172 valence electrons. The van der Waals surface area contributed by atoms with Gasteiger partial charge in [-0.3, -0.25) is 9.78 Å². The minimum absolute atomic E-state index is 0.0524. The van der Waals surface area contributed by atoms with Crippen molar-refractivity contribution in [3.8, 4) is 5.75 Å². The third kappa shape index (κ3) is 5.85. The van der Waals surface area contributed by atoms with Crippen molar-refractivity contribution in [1.82, 2.24) is 4.98 Å². The molecule has 0 radical (unpaired) electrons. The minimum atomic E-state index is -4.62. The molecule has 9 heteroatoms. The molecule has 0 aliphatic carbocycles. The molecule has 1 saturated heterocycles. The van der Waals surface area contributed by atoms with Crippen LogP contribution < -0.4 is 4.74 Å². The molecular weight excluding hydrogens is 427 g/mol. The Morgan fingerprint density at radius 3 is 2.44 bits per heavy atom. The Hall–Kier alpha value is -2.94. The molecule has 0 saturated carbocycles. The number of hydrogen-bond acceptors (Lipinski definition) is 6. The molecule has 1 aliphatic heterocycles. The quantitative estimate of drug-likeness (QED) is 0.460. The number of pyridine rings is 1.